The molecule has 0 bridgehead atoms. The molecule has 0 atom stereocenters. The van der Waals surface area contributed by atoms with Crippen molar-refractivity contribution >= 4 is 23.7 Å². The van der Waals surface area contributed by atoms with E-state index in [1.807, 2.05) is 12.2 Å². The molecule has 1 amide bonds. The summed E-state index contributed by atoms with van der Waals surface area (Å²) in [4.78, 5) is 14.9. The summed E-state index contributed by atoms with van der Waals surface area (Å²) in [6.45, 7) is 1.29. The number of allylic oxidation sites excluding steroid dienone is 2. The van der Waals surface area contributed by atoms with E-state index in [0.29, 0.717) is 25.9 Å². The van der Waals surface area contributed by atoms with E-state index in [2.05, 4.69) is 30.5 Å². The molecule has 1 N–H and O–H groups in total. The summed E-state index contributed by atoms with van der Waals surface area (Å²) in [7, 11) is 0. The van der Waals surface area contributed by atoms with E-state index in [9.17, 15) is 9.90 Å². The van der Waals surface area contributed by atoms with E-state index in [1.165, 1.54) is 4.90 Å². The predicted molar refractivity (Wildman–Crippen MR) is 88.2 cm³/mol. The number of aliphatic hydroxyl groups is 1. The monoisotopic (exact) mass is 303 g/mol. The van der Waals surface area contributed by atoms with Crippen LogP contribution in [-0.4, -0.2) is 41.4 Å². The number of piperidine rings is 1. The van der Waals surface area contributed by atoms with Gasteiger partial charge in [-0.1, -0.05) is 30.4 Å². The fraction of sp³-hybridized carbons (Fsp3) is 0.353. The van der Waals surface area contributed by atoms with Crippen molar-refractivity contribution in [3.8, 4) is 0 Å². The van der Waals surface area contributed by atoms with Gasteiger partial charge in [0.2, 0.25) is 5.91 Å². The summed E-state index contributed by atoms with van der Waals surface area (Å²) in [5, 5.41) is 9.42. The van der Waals surface area contributed by atoms with Crippen LogP contribution in [-0.2, 0) is 4.79 Å². The molecule has 2 rings (SSSR count). The zero-order valence-electron chi connectivity index (χ0n) is 12.2. The Labute approximate surface area is 130 Å². The highest BCUT2D eigenvalue weighted by molar-refractivity contribution is 7.98. The van der Waals surface area contributed by atoms with Gasteiger partial charge < -0.3 is 10.0 Å². The Morgan fingerprint density at radius 3 is 2.52 bits per heavy atom. The summed E-state index contributed by atoms with van der Waals surface area (Å²) in [5.74, 6) is 0.0179. The number of carbonyl (C=O) groups is 1. The molecule has 1 heterocycles. The summed E-state index contributed by atoms with van der Waals surface area (Å²) in [5.41, 5.74) is 1.12. The number of rotatable bonds is 4. The van der Waals surface area contributed by atoms with E-state index < -0.39 is 0 Å². The second-order valence-electron chi connectivity index (χ2n) is 5.05. The van der Waals surface area contributed by atoms with Crippen molar-refractivity contribution in [2.24, 2.45) is 0 Å². The maximum absolute atomic E-state index is 11.9. The van der Waals surface area contributed by atoms with Gasteiger partial charge in [0.15, 0.2) is 0 Å². The third-order valence-electron chi connectivity index (χ3n) is 3.53. The molecule has 0 aliphatic carbocycles. The zero-order chi connectivity index (χ0) is 15.1. The Bertz CT molecular complexity index is 514. The Morgan fingerprint density at radius 1 is 1.24 bits per heavy atom. The van der Waals surface area contributed by atoms with Crippen LogP contribution in [0.3, 0.4) is 0 Å². The topological polar surface area (TPSA) is 40.5 Å². The highest BCUT2D eigenvalue weighted by atomic mass is 32.2. The molecular weight excluding hydrogens is 282 g/mol. The van der Waals surface area contributed by atoms with Gasteiger partial charge in [-0.15, -0.1) is 11.8 Å². The van der Waals surface area contributed by atoms with Crippen LogP contribution >= 0.6 is 11.8 Å². The number of thioether (sulfide) groups is 1. The van der Waals surface area contributed by atoms with Gasteiger partial charge in [0, 0.05) is 24.1 Å². The molecule has 0 spiro atoms. The lowest BCUT2D eigenvalue weighted by Crippen LogP contribution is -2.39. The molecule has 1 aliphatic rings. The molecule has 1 saturated heterocycles. The molecule has 4 heteroatoms. The first-order chi connectivity index (χ1) is 10.2. The number of likely N-dealkylation sites (tertiary alicyclic amines) is 1. The van der Waals surface area contributed by atoms with Gasteiger partial charge in [0.25, 0.3) is 0 Å². The van der Waals surface area contributed by atoms with Gasteiger partial charge in [0.05, 0.1) is 6.10 Å². The number of hydrogen-bond acceptors (Lipinski definition) is 3. The third-order valence-corrected chi connectivity index (χ3v) is 4.27. The number of hydrogen-bond donors (Lipinski definition) is 1. The highest BCUT2D eigenvalue weighted by Gasteiger charge is 2.19. The quantitative estimate of drug-likeness (QED) is 0.528. The second kappa shape index (κ2) is 8.05. The summed E-state index contributed by atoms with van der Waals surface area (Å²) in [6, 6.07) is 8.28. The van der Waals surface area contributed by atoms with Gasteiger partial charge in [-0.05, 0) is 36.8 Å². The van der Waals surface area contributed by atoms with E-state index in [0.717, 1.165) is 5.56 Å². The van der Waals surface area contributed by atoms with E-state index in [-0.39, 0.29) is 12.0 Å². The molecule has 1 aromatic rings. The van der Waals surface area contributed by atoms with Crippen LogP contribution in [0.2, 0.25) is 0 Å². The van der Waals surface area contributed by atoms with Crippen LogP contribution in [0.4, 0.5) is 0 Å². The number of benzene rings is 1. The first-order valence-electron chi connectivity index (χ1n) is 7.15. The fourth-order valence-electron chi connectivity index (χ4n) is 2.21. The summed E-state index contributed by atoms with van der Waals surface area (Å²) < 4.78 is 0. The molecule has 3 nitrogen and oxygen atoms in total. The molecule has 112 valence electrons. The highest BCUT2D eigenvalue weighted by Crippen LogP contribution is 2.15. The fourth-order valence-corrected chi connectivity index (χ4v) is 2.62. The van der Waals surface area contributed by atoms with Crippen molar-refractivity contribution < 1.29 is 9.90 Å². The molecule has 21 heavy (non-hydrogen) atoms. The van der Waals surface area contributed by atoms with Crippen molar-refractivity contribution in [1.82, 2.24) is 4.90 Å². The van der Waals surface area contributed by atoms with Gasteiger partial charge in [-0.25, -0.2) is 0 Å². The SMILES string of the molecule is CSc1ccc(/C=C/C=C/C(=O)N2CCC(O)CC2)cc1. The van der Waals surface area contributed by atoms with E-state index in [4.69, 9.17) is 0 Å². The first-order valence-corrected chi connectivity index (χ1v) is 8.37. The summed E-state index contributed by atoms with van der Waals surface area (Å²) >= 11 is 1.72. The maximum Gasteiger partial charge on any atom is 0.246 e. The van der Waals surface area contributed by atoms with Crippen molar-refractivity contribution in [2.45, 2.75) is 23.8 Å². The van der Waals surface area contributed by atoms with E-state index >= 15 is 0 Å². The van der Waals surface area contributed by atoms with E-state index in [1.54, 1.807) is 28.8 Å². The van der Waals surface area contributed by atoms with Crippen LogP contribution in [0.1, 0.15) is 18.4 Å². The third kappa shape index (κ3) is 5.06. The second-order valence-corrected chi connectivity index (χ2v) is 5.93. The lowest BCUT2D eigenvalue weighted by molar-refractivity contribution is -0.127. The normalized spacial score (nSPS) is 17.0. The van der Waals surface area contributed by atoms with Crippen LogP contribution < -0.4 is 0 Å². The van der Waals surface area contributed by atoms with Crippen molar-refractivity contribution in [1.29, 1.82) is 0 Å². The minimum atomic E-state index is -0.248. The van der Waals surface area contributed by atoms with Crippen molar-refractivity contribution in [3.05, 3.63) is 48.1 Å². The van der Waals surface area contributed by atoms with Crippen molar-refractivity contribution in [3.63, 3.8) is 0 Å². The molecule has 1 aliphatic heterocycles. The van der Waals surface area contributed by atoms with Crippen LogP contribution in [0, 0.1) is 0 Å². The number of carbonyl (C=O) groups excluding carboxylic acids is 1. The van der Waals surface area contributed by atoms with Gasteiger partial charge in [0.1, 0.15) is 0 Å². The Morgan fingerprint density at radius 2 is 1.90 bits per heavy atom. The smallest absolute Gasteiger partial charge is 0.246 e. The predicted octanol–water partition coefficient (Wildman–Crippen LogP) is 2.96. The minimum Gasteiger partial charge on any atom is -0.393 e. The summed E-state index contributed by atoms with van der Waals surface area (Å²) in [6.07, 6.45) is 10.4. The van der Waals surface area contributed by atoms with Gasteiger partial charge >= 0.3 is 0 Å². The van der Waals surface area contributed by atoms with Gasteiger partial charge in [-0.2, -0.15) is 0 Å². The largest absolute Gasteiger partial charge is 0.393 e. The van der Waals surface area contributed by atoms with Gasteiger partial charge in [-0.3, -0.25) is 4.79 Å². The Balaban J connectivity index is 1.83. The molecule has 1 aromatic carbocycles. The number of aliphatic hydroxyl groups excluding tert-OH is 1. The Kier molecular flexibility index (Phi) is 6.08. The molecule has 0 aromatic heterocycles. The zero-order valence-corrected chi connectivity index (χ0v) is 13.1. The average Bonchev–Trinajstić information content (AvgIpc) is 2.52. The average molecular weight is 303 g/mol. The molecule has 0 unspecified atom stereocenters. The maximum atomic E-state index is 11.9. The molecule has 0 radical (unpaired) electrons. The minimum absolute atomic E-state index is 0.0179. The first kappa shape index (κ1) is 15.9. The lowest BCUT2D eigenvalue weighted by atomic mass is 10.1. The van der Waals surface area contributed by atoms with Crippen LogP contribution in [0.25, 0.3) is 6.08 Å². The molecule has 1 fully saturated rings. The standard InChI is InChI=1S/C17H21NO2S/c1-21-16-8-6-14(7-9-16)4-2-3-5-17(20)18-12-10-15(19)11-13-18/h2-9,15,19H,10-13H2,1H3/b4-2+,5-3+. The van der Waals surface area contributed by atoms with Crippen LogP contribution in [0.5, 0.6) is 0 Å². The Hall–Kier alpha value is -1.52. The number of nitrogens with zero attached hydrogens (tertiary/aromatic N) is 1. The lowest BCUT2D eigenvalue weighted by Gasteiger charge is -2.28. The molecular formula is C17H21NO2S. The number of amides is 1. The van der Waals surface area contributed by atoms with Crippen LogP contribution in [0.15, 0.2) is 47.4 Å². The van der Waals surface area contributed by atoms with Crippen molar-refractivity contribution in [2.75, 3.05) is 19.3 Å². The molecule has 0 saturated carbocycles.